The highest BCUT2D eigenvalue weighted by atomic mass is 15.3. The lowest BCUT2D eigenvalue weighted by atomic mass is 9.89. The van der Waals surface area contributed by atoms with Crippen LogP contribution in [0.3, 0.4) is 0 Å². The van der Waals surface area contributed by atoms with Crippen molar-refractivity contribution in [2.75, 3.05) is 6.54 Å². The quantitative estimate of drug-likeness (QED) is 0.752. The monoisotopic (exact) mass is 249 g/mol. The van der Waals surface area contributed by atoms with Crippen LogP contribution in [-0.2, 0) is 7.05 Å². The lowest BCUT2D eigenvalue weighted by Gasteiger charge is -2.16. The molecule has 1 N–H and O–H groups in total. The Morgan fingerprint density at radius 2 is 2.22 bits per heavy atom. The first kappa shape index (κ1) is 14.7. The lowest BCUT2D eigenvalue weighted by Crippen LogP contribution is -2.22. The van der Waals surface area contributed by atoms with Crippen molar-refractivity contribution >= 4 is 0 Å². The summed E-state index contributed by atoms with van der Waals surface area (Å²) in [5.74, 6) is 0.951. The molecule has 0 saturated carbocycles. The Morgan fingerprint density at radius 1 is 1.50 bits per heavy atom. The van der Waals surface area contributed by atoms with Gasteiger partial charge in [0.1, 0.15) is 12.2 Å². The van der Waals surface area contributed by atoms with Gasteiger partial charge in [0.25, 0.3) is 0 Å². The van der Waals surface area contributed by atoms with Crippen molar-refractivity contribution in [3.05, 3.63) is 12.2 Å². The predicted molar refractivity (Wildman–Crippen MR) is 70.7 cm³/mol. The Hall–Kier alpha value is -1.41. The summed E-state index contributed by atoms with van der Waals surface area (Å²) in [6.45, 7) is 7.00. The van der Waals surface area contributed by atoms with E-state index in [1.165, 1.54) is 0 Å². The van der Waals surface area contributed by atoms with E-state index in [1.807, 2.05) is 25.5 Å². The molecule has 0 bridgehead atoms. The second kappa shape index (κ2) is 6.50. The molecule has 0 saturated heterocycles. The Balaban J connectivity index is 2.20. The molecule has 1 rings (SSSR count). The first-order chi connectivity index (χ1) is 8.46. The molecule has 0 spiro atoms. The van der Waals surface area contributed by atoms with Crippen LogP contribution in [0.4, 0.5) is 0 Å². The van der Waals surface area contributed by atoms with E-state index in [9.17, 15) is 0 Å². The first-order valence-corrected chi connectivity index (χ1v) is 6.45. The normalized spacial score (nSPS) is 13.3. The van der Waals surface area contributed by atoms with E-state index in [4.69, 9.17) is 5.26 Å². The number of nitrogens with zero attached hydrogens (tertiary/aromatic N) is 4. The van der Waals surface area contributed by atoms with Crippen LogP contribution in [0.25, 0.3) is 0 Å². The zero-order valence-electron chi connectivity index (χ0n) is 11.8. The summed E-state index contributed by atoms with van der Waals surface area (Å²) in [6, 6.07) is 2.54. The lowest BCUT2D eigenvalue weighted by molar-refractivity contribution is 0.415. The van der Waals surface area contributed by atoms with Gasteiger partial charge < -0.3 is 9.88 Å². The molecule has 1 atom stereocenters. The second-order valence-electron chi connectivity index (χ2n) is 5.43. The SMILES string of the molecule is CC(NCCCCC(C)(C)C#N)c1nncn1C. The van der Waals surface area contributed by atoms with Gasteiger partial charge in [-0.15, -0.1) is 10.2 Å². The van der Waals surface area contributed by atoms with Crippen LogP contribution in [0.2, 0.25) is 0 Å². The molecule has 0 aliphatic heterocycles. The summed E-state index contributed by atoms with van der Waals surface area (Å²) in [4.78, 5) is 0. The van der Waals surface area contributed by atoms with Crippen molar-refractivity contribution in [2.24, 2.45) is 12.5 Å². The molecule has 0 aromatic carbocycles. The van der Waals surface area contributed by atoms with Crippen molar-refractivity contribution in [3.63, 3.8) is 0 Å². The number of aromatic nitrogens is 3. The van der Waals surface area contributed by atoms with Gasteiger partial charge in [0, 0.05) is 7.05 Å². The van der Waals surface area contributed by atoms with E-state index in [2.05, 4.69) is 28.5 Å². The number of nitrogens with one attached hydrogen (secondary N) is 1. The van der Waals surface area contributed by atoms with Crippen LogP contribution in [0.5, 0.6) is 0 Å². The van der Waals surface area contributed by atoms with Crippen LogP contribution in [0, 0.1) is 16.7 Å². The van der Waals surface area contributed by atoms with Crippen LogP contribution in [0.15, 0.2) is 6.33 Å². The van der Waals surface area contributed by atoms with Gasteiger partial charge in [0.2, 0.25) is 0 Å². The molecule has 1 aromatic heterocycles. The highest BCUT2D eigenvalue weighted by Gasteiger charge is 2.15. The third-order valence-electron chi connectivity index (χ3n) is 3.12. The fourth-order valence-corrected chi connectivity index (χ4v) is 1.84. The van der Waals surface area contributed by atoms with Crippen LogP contribution in [0.1, 0.15) is 51.9 Å². The average molecular weight is 249 g/mol. The van der Waals surface area contributed by atoms with Crippen molar-refractivity contribution in [3.8, 4) is 6.07 Å². The van der Waals surface area contributed by atoms with Gasteiger partial charge in [-0.05, 0) is 40.2 Å². The fraction of sp³-hybridized carbons (Fsp3) is 0.769. The summed E-state index contributed by atoms with van der Waals surface area (Å²) in [5, 5.41) is 20.3. The van der Waals surface area contributed by atoms with E-state index in [-0.39, 0.29) is 11.5 Å². The zero-order chi connectivity index (χ0) is 13.6. The molecule has 1 aromatic rings. The summed E-state index contributed by atoms with van der Waals surface area (Å²) in [5.41, 5.74) is -0.199. The second-order valence-corrected chi connectivity index (χ2v) is 5.43. The highest BCUT2D eigenvalue weighted by molar-refractivity contribution is 4.92. The molecule has 1 heterocycles. The Kier molecular flexibility index (Phi) is 5.29. The van der Waals surface area contributed by atoms with Gasteiger partial charge in [0.05, 0.1) is 17.5 Å². The molecule has 18 heavy (non-hydrogen) atoms. The van der Waals surface area contributed by atoms with Crippen molar-refractivity contribution < 1.29 is 0 Å². The molecule has 100 valence electrons. The van der Waals surface area contributed by atoms with Crippen LogP contribution in [-0.4, -0.2) is 21.3 Å². The number of unbranched alkanes of at least 4 members (excludes halogenated alkanes) is 1. The minimum Gasteiger partial charge on any atom is -0.319 e. The van der Waals surface area contributed by atoms with Gasteiger partial charge in [-0.1, -0.05) is 6.42 Å². The van der Waals surface area contributed by atoms with Crippen molar-refractivity contribution in [2.45, 2.75) is 46.1 Å². The first-order valence-electron chi connectivity index (χ1n) is 6.45. The highest BCUT2D eigenvalue weighted by Crippen LogP contribution is 2.21. The number of hydrogen-bond donors (Lipinski definition) is 1. The molecule has 0 aliphatic carbocycles. The smallest absolute Gasteiger partial charge is 0.149 e. The van der Waals surface area contributed by atoms with E-state index in [1.54, 1.807) is 6.33 Å². The predicted octanol–water partition coefficient (Wildman–Crippen LogP) is 2.19. The fourth-order valence-electron chi connectivity index (χ4n) is 1.84. The molecule has 0 amide bonds. The Morgan fingerprint density at radius 3 is 2.78 bits per heavy atom. The Bertz CT molecular complexity index is 402. The number of hydrogen-bond acceptors (Lipinski definition) is 4. The number of aryl methyl sites for hydroxylation is 1. The standard InChI is InChI=1S/C13H23N5/c1-11(12-17-16-10-18(12)4)15-8-6-5-7-13(2,3)9-14/h10-11,15H,5-8H2,1-4H3. The molecule has 1 unspecified atom stereocenters. The van der Waals surface area contributed by atoms with Crippen molar-refractivity contribution in [1.29, 1.82) is 5.26 Å². The van der Waals surface area contributed by atoms with Gasteiger partial charge >= 0.3 is 0 Å². The summed E-state index contributed by atoms with van der Waals surface area (Å²) < 4.78 is 1.93. The van der Waals surface area contributed by atoms with E-state index in [0.717, 1.165) is 31.6 Å². The van der Waals surface area contributed by atoms with Gasteiger partial charge in [-0.3, -0.25) is 0 Å². The minimum absolute atomic E-state index is 0.199. The third kappa shape index (κ3) is 4.46. The van der Waals surface area contributed by atoms with Gasteiger partial charge in [0.15, 0.2) is 0 Å². The molecular weight excluding hydrogens is 226 g/mol. The molecule has 0 radical (unpaired) electrons. The van der Waals surface area contributed by atoms with Crippen molar-refractivity contribution in [1.82, 2.24) is 20.1 Å². The topological polar surface area (TPSA) is 66.5 Å². The summed E-state index contributed by atoms with van der Waals surface area (Å²) in [6.07, 6.45) is 4.80. The maximum absolute atomic E-state index is 8.91. The minimum atomic E-state index is -0.199. The zero-order valence-corrected chi connectivity index (χ0v) is 11.8. The molecule has 5 heteroatoms. The van der Waals surface area contributed by atoms with Gasteiger partial charge in [-0.2, -0.15) is 5.26 Å². The van der Waals surface area contributed by atoms with E-state index >= 15 is 0 Å². The molecule has 0 fully saturated rings. The van der Waals surface area contributed by atoms with Crippen LogP contribution >= 0.6 is 0 Å². The van der Waals surface area contributed by atoms with Crippen LogP contribution < -0.4 is 5.32 Å². The van der Waals surface area contributed by atoms with E-state index in [0.29, 0.717) is 0 Å². The maximum Gasteiger partial charge on any atom is 0.149 e. The molecule has 5 nitrogen and oxygen atoms in total. The largest absolute Gasteiger partial charge is 0.319 e. The van der Waals surface area contributed by atoms with E-state index < -0.39 is 0 Å². The molecular formula is C13H23N5. The third-order valence-corrected chi connectivity index (χ3v) is 3.12. The summed E-state index contributed by atoms with van der Waals surface area (Å²) in [7, 11) is 1.95. The van der Waals surface area contributed by atoms with Gasteiger partial charge in [-0.25, -0.2) is 0 Å². The maximum atomic E-state index is 8.91. The Labute approximate surface area is 109 Å². The summed E-state index contributed by atoms with van der Waals surface area (Å²) >= 11 is 0. The number of nitriles is 1. The molecule has 0 aliphatic rings. The number of rotatable bonds is 7. The average Bonchev–Trinajstić information content (AvgIpc) is 2.75.